The molecule has 0 atom stereocenters. The van der Waals surface area contributed by atoms with E-state index in [0.29, 0.717) is 18.1 Å². The summed E-state index contributed by atoms with van der Waals surface area (Å²) < 4.78 is 17.6. The standard InChI is InChI=1S/C30H44N2O5.2ClH/c1-35-27-17-16-26(24-32-20-18-31(19-21-32)23-25-13-9-8-10-14-25)29(30(27)36-2)37-22-12-7-5-3-4-6-11-15-28(33)34;;/h8-10,13-14,16-17H,3-7,11-12,15,18-24H2,1-2H3,(H,33,34);2*1H. The van der Waals surface area contributed by atoms with Gasteiger partial charge >= 0.3 is 5.97 Å². The molecule has 0 aliphatic carbocycles. The topological polar surface area (TPSA) is 71.5 Å². The minimum Gasteiger partial charge on any atom is -0.493 e. The normalized spacial score (nSPS) is 13.7. The summed E-state index contributed by atoms with van der Waals surface area (Å²) in [6.45, 7) is 6.61. The van der Waals surface area contributed by atoms with Crippen LogP contribution in [0.5, 0.6) is 17.2 Å². The number of piperazine rings is 1. The number of hydrogen-bond acceptors (Lipinski definition) is 6. The molecule has 1 aliphatic heterocycles. The molecule has 0 amide bonds. The summed E-state index contributed by atoms with van der Waals surface area (Å²) >= 11 is 0. The highest BCUT2D eigenvalue weighted by atomic mass is 35.5. The zero-order valence-corrected chi connectivity index (χ0v) is 25.1. The summed E-state index contributed by atoms with van der Waals surface area (Å²) in [4.78, 5) is 15.6. The second-order valence-electron chi connectivity index (χ2n) is 9.79. The van der Waals surface area contributed by atoms with Crippen molar-refractivity contribution in [3.05, 3.63) is 53.6 Å². The Morgan fingerprint density at radius 2 is 1.33 bits per heavy atom. The van der Waals surface area contributed by atoms with Crippen LogP contribution in [0.4, 0.5) is 0 Å². The van der Waals surface area contributed by atoms with E-state index in [0.717, 1.165) is 95.5 Å². The van der Waals surface area contributed by atoms with Gasteiger partial charge in [-0.15, -0.1) is 24.8 Å². The number of nitrogens with zero attached hydrogens (tertiary/aromatic N) is 2. The maximum Gasteiger partial charge on any atom is 0.303 e. The maximum atomic E-state index is 10.6. The van der Waals surface area contributed by atoms with Crippen molar-refractivity contribution in [1.29, 1.82) is 0 Å². The molecule has 1 aliphatic rings. The van der Waals surface area contributed by atoms with E-state index in [2.05, 4.69) is 46.2 Å². The monoisotopic (exact) mass is 584 g/mol. The highest BCUT2D eigenvalue weighted by Crippen LogP contribution is 2.40. The Morgan fingerprint density at radius 1 is 0.744 bits per heavy atom. The molecule has 0 radical (unpaired) electrons. The van der Waals surface area contributed by atoms with Gasteiger partial charge in [0.2, 0.25) is 5.75 Å². The fourth-order valence-corrected chi connectivity index (χ4v) is 4.85. The Balaban J connectivity index is 0.00000380. The second-order valence-corrected chi connectivity index (χ2v) is 9.79. The fourth-order valence-electron chi connectivity index (χ4n) is 4.85. The van der Waals surface area contributed by atoms with Crippen LogP contribution < -0.4 is 14.2 Å². The summed E-state index contributed by atoms with van der Waals surface area (Å²) in [6.07, 6.45) is 7.52. The quantitative estimate of drug-likeness (QED) is 0.214. The SMILES string of the molecule is COc1ccc(CN2CCN(Cc3ccccc3)CC2)c(OCCCCCCCCCC(=O)O)c1OC.Cl.Cl. The first-order chi connectivity index (χ1) is 18.1. The highest BCUT2D eigenvalue weighted by Gasteiger charge is 2.22. The lowest BCUT2D eigenvalue weighted by Gasteiger charge is -2.35. The lowest BCUT2D eigenvalue weighted by atomic mass is 10.1. The predicted molar refractivity (Wildman–Crippen MR) is 161 cm³/mol. The van der Waals surface area contributed by atoms with Crippen molar-refractivity contribution in [2.75, 3.05) is 47.0 Å². The van der Waals surface area contributed by atoms with Gasteiger partial charge in [-0.05, 0) is 24.5 Å². The average molecular weight is 586 g/mol. The molecule has 0 saturated carbocycles. The van der Waals surface area contributed by atoms with Gasteiger partial charge in [-0.2, -0.15) is 0 Å². The van der Waals surface area contributed by atoms with Crippen molar-refractivity contribution >= 4 is 30.8 Å². The summed E-state index contributed by atoms with van der Waals surface area (Å²) in [6, 6.07) is 14.7. The third-order valence-corrected chi connectivity index (χ3v) is 6.97. The van der Waals surface area contributed by atoms with E-state index in [9.17, 15) is 4.79 Å². The Hall–Kier alpha value is -2.19. The number of aliphatic carboxylic acids is 1. The Labute approximate surface area is 246 Å². The van der Waals surface area contributed by atoms with Crippen LogP contribution in [0.3, 0.4) is 0 Å². The molecule has 1 fully saturated rings. The lowest BCUT2D eigenvalue weighted by molar-refractivity contribution is -0.137. The van der Waals surface area contributed by atoms with Crippen LogP contribution in [-0.4, -0.2) is 67.9 Å². The van der Waals surface area contributed by atoms with Gasteiger partial charge in [-0.1, -0.05) is 68.5 Å². The smallest absolute Gasteiger partial charge is 0.303 e. The van der Waals surface area contributed by atoms with Gasteiger partial charge in [0.05, 0.1) is 20.8 Å². The third kappa shape index (κ3) is 12.2. The average Bonchev–Trinajstić information content (AvgIpc) is 2.91. The Bertz CT molecular complexity index is 940. The largest absolute Gasteiger partial charge is 0.493 e. The predicted octanol–water partition coefficient (Wildman–Crippen LogP) is 6.45. The van der Waals surface area contributed by atoms with Gasteiger partial charge in [0.1, 0.15) is 0 Å². The molecular weight excluding hydrogens is 539 g/mol. The number of methoxy groups -OCH3 is 2. The molecule has 2 aromatic rings. The summed E-state index contributed by atoms with van der Waals surface area (Å²) in [5.41, 5.74) is 2.50. The van der Waals surface area contributed by atoms with E-state index in [4.69, 9.17) is 19.3 Å². The fraction of sp³-hybridized carbons (Fsp3) is 0.567. The van der Waals surface area contributed by atoms with Crippen molar-refractivity contribution in [3.63, 3.8) is 0 Å². The molecule has 7 nitrogen and oxygen atoms in total. The number of halogens is 2. The summed E-state index contributed by atoms with van der Waals surface area (Å²) in [5, 5.41) is 8.71. The number of benzene rings is 2. The van der Waals surface area contributed by atoms with Crippen molar-refractivity contribution in [2.24, 2.45) is 0 Å². The zero-order chi connectivity index (χ0) is 26.3. The molecule has 0 unspecified atom stereocenters. The molecular formula is C30H46Cl2N2O5. The molecule has 220 valence electrons. The second kappa shape index (κ2) is 19.8. The first-order valence-corrected chi connectivity index (χ1v) is 13.7. The van der Waals surface area contributed by atoms with E-state index in [-0.39, 0.29) is 31.2 Å². The molecule has 39 heavy (non-hydrogen) atoms. The van der Waals surface area contributed by atoms with Crippen LogP contribution in [0.2, 0.25) is 0 Å². The Kier molecular flexibility index (Phi) is 17.7. The summed E-state index contributed by atoms with van der Waals surface area (Å²) in [7, 11) is 3.32. The number of rotatable bonds is 17. The van der Waals surface area contributed by atoms with Crippen molar-refractivity contribution in [2.45, 2.75) is 64.5 Å². The number of ether oxygens (including phenoxy) is 3. The van der Waals surface area contributed by atoms with Crippen LogP contribution in [0.15, 0.2) is 42.5 Å². The molecule has 0 spiro atoms. The molecule has 9 heteroatoms. The molecule has 1 saturated heterocycles. The lowest BCUT2D eigenvalue weighted by Crippen LogP contribution is -2.45. The minimum absolute atomic E-state index is 0. The van der Waals surface area contributed by atoms with E-state index in [1.165, 1.54) is 5.56 Å². The molecule has 2 aromatic carbocycles. The number of unbranched alkanes of at least 4 members (excludes halogenated alkanes) is 6. The van der Waals surface area contributed by atoms with Gasteiger partial charge < -0.3 is 19.3 Å². The van der Waals surface area contributed by atoms with Crippen LogP contribution >= 0.6 is 24.8 Å². The van der Waals surface area contributed by atoms with Crippen LogP contribution in [0.25, 0.3) is 0 Å². The van der Waals surface area contributed by atoms with Crippen molar-refractivity contribution < 1.29 is 24.1 Å². The number of carbonyl (C=O) groups is 1. The number of carboxylic acid groups (broad SMARTS) is 1. The van der Waals surface area contributed by atoms with Crippen LogP contribution in [0.1, 0.15) is 62.5 Å². The molecule has 0 bridgehead atoms. The van der Waals surface area contributed by atoms with Gasteiger partial charge in [0, 0.05) is 51.3 Å². The van der Waals surface area contributed by atoms with Crippen molar-refractivity contribution in [1.82, 2.24) is 9.80 Å². The molecule has 1 heterocycles. The molecule has 0 aromatic heterocycles. The first kappa shape index (κ1) is 34.8. The van der Waals surface area contributed by atoms with E-state index >= 15 is 0 Å². The van der Waals surface area contributed by atoms with E-state index in [1.54, 1.807) is 14.2 Å². The number of hydrogen-bond donors (Lipinski definition) is 1. The Morgan fingerprint density at radius 3 is 1.92 bits per heavy atom. The van der Waals surface area contributed by atoms with Gasteiger partial charge in [-0.25, -0.2) is 0 Å². The van der Waals surface area contributed by atoms with Gasteiger partial charge in [0.25, 0.3) is 0 Å². The van der Waals surface area contributed by atoms with Crippen LogP contribution in [0, 0.1) is 0 Å². The zero-order valence-electron chi connectivity index (χ0n) is 23.4. The van der Waals surface area contributed by atoms with Gasteiger partial charge in [0.15, 0.2) is 11.5 Å². The minimum atomic E-state index is -0.699. The van der Waals surface area contributed by atoms with E-state index in [1.807, 2.05) is 6.07 Å². The third-order valence-electron chi connectivity index (χ3n) is 6.97. The van der Waals surface area contributed by atoms with Gasteiger partial charge in [-0.3, -0.25) is 14.6 Å². The number of carboxylic acids is 1. The maximum absolute atomic E-state index is 10.6. The first-order valence-electron chi connectivity index (χ1n) is 13.7. The van der Waals surface area contributed by atoms with E-state index < -0.39 is 5.97 Å². The van der Waals surface area contributed by atoms with Crippen LogP contribution in [-0.2, 0) is 17.9 Å². The molecule has 3 rings (SSSR count). The highest BCUT2D eigenvalue weighted by molar-refractivity contribution is 5.85. The summed E-state index contributed by atoms with van der Waals surface area (Å²) in [5.74, 6) is 1.45. The van der Waals surface area contributed by atoms with Crippen molar-refractivity contribution in [3.8, 4) is 17.2 Å². The molecule has 1 N–H and O–H groups in total.